The van der Waals surface area contributed by atoms with E-state index >= 15 is 0 Å². The van der Waals surface area contributed by atoms with Gasteiger partial charge in [-0.2, -0.15) is 0 Å². The van der Waals surface area contributed by atoms with Gasteiger partial charge in [-0.25, -0.2) is 4.39 Å². The van der Waals surface area contributed by atoms with E-state index in [0.29, 0.717) is 22.3 Å². The molecule has 0 aromatic heterocycles. The van der Waals surface area contributed by atoms with Crippen molar-refractivity contribution >= 4 is 23.7 Å². The van der Waals surface area contributed by atoms with Gasteiger partial charge in [0.05, 0.1) is 37.2 Å². The third-order valence-electron chi connectivity index (χ3n) is 5.58. The Hall–Kier alpha value is -4.33. The maximum atomic E-state index is 13.3. The molecule has 0 radical (unpaired) electrons. The number of nitrogens with zero attached hydrogens (tertiary/aromatic N) is 1. The van der Waals surface area contributed by atoms with Gasteiger partial charge in [0.15, 0.2) is 0 Å². The molecule has 3 aromatic rings. The molecule has 3 amide bonds. The van der Waals surface area contributed by atoms with Crippen molar-refractivity contribution in [1.82, 2.24) is 10.2 Å². The highest BCUT2D eigenvalue weighted by Gasteiger charge is 2.35. The first-order valence-corrected chi connectivity index (χ1v) is 10.5. The lowest BCUT2D eigenvalue weighted by atomic mass is 10.0. The summed E-state index contributed by atoms with van der Waals surface area (Å²) >= 11 is 0. The van der Waals surface area contributed by atoms with Gasteiger partial charge >= 0.3 is 5.97 Å². The molecule has 34 heavy (non-hydrogen) atoms. The summed E-state index contributed by atoms with van der Waals surface area (Å²) in [6, 6.07) is 17.9. The molecule has 0 saturated heterocycles. The first kappa shape index (κ1) is 22.8. The van der Waals surface area contributed by atoms with Crippen LogP contribution >= 0.6 is 0 Å². The number of halogens is 1. The minimum Gasteiger partial charge on any atom is -0.469 e. The molecule has 0 spiro atoms. The van der Waals surface area contributed by atoms with E-state index in [-0.39, 0.29) is 30.3 Å². The summed E-state index contributed by atoms with van der Waals surface area (Å²) in [5.41, 5.74) is 2.12. The molecule has 4 rings (SSSR count). The number of hydrogen-bond donors (Lipinski definition) is 1. The van der Waals surface area contributed by atoms with Crippen LogP contribution in [0.5, 0.6) is 0 Å². The van der Waals surface area contributed by atoms with Gasteiger partial charge in [-0.3, -0.25) is 24.1 Å². The molecule has 1 atom stereocenters. The number of nitrogens with one attached hydrogen (secondary N) is 1. The van der Waals surface area contributed by atoms with Crippen molar-refractivity contribution in [2.45, 2.75) is 19.0 Å². The lowest BCUT2D eigenvalue weighted by Gasteiger charge is -2.19. The molecule has 0 fully saturated rings. The van der Waals surface area contributed by atoms with Crippen molar-refractivity contribution in [3.05, 3.63) is 106 Å². The molecule has 172 valence electrons. The zero-order valence-corrected chi connectivity index (χ0v) is 18.3. The third-order valence-corrected chi connectivity index (χ3v) is 5.58. The number of amides is 3. The molecule has 1 aliphatic rings. The van der Waals surface area contributed by atoms with E-state index in [2.05, 4.69) is 5.32 Å². The Morgan fingerprint density at radius 2 is 1.59 bits per heavy atom. The number of ether oxygens (including phenoxy) is 1. The summed E-state index contributed by atoms with van der Waals surface area (Å²) in [7, 11) is 1.24. The highest BCUT2D eigenvalue weighted by molar-refractivity contribution is 6.21. The molecule has 7 nitrogen and oxygen atoms in total. The Morgan fingerprint density at radius 1 is 0.941 bits per heavy atom. The summed E-state index contributed by atoms with van der Waals surface area (Å²) in [5, 5.41) is 2.78. The summed E-state index contributed by atoms with van der Waals surface area (Å²) in [4.78, 5) is 51.3. The van der Waals surface area contributed by atoms with Gasteiger partial charge in [-0.05, 0) is 47.5 Å². The highest BCUT2D eigenvalue weighted by atomic mass is 19.1. The molecule has 0 saturated carbocycles. The van der Waals surface area contributed by atoms with Crippen molar-refractivity contribution in [2.24, 2.45) is 0 Å². The highest BCUT2D eigenvalue weighted by Crippen LogP contribution is 2.25. The van der Waals surface area contributed by atoms with Crippen molar-refractivity contribution < 1.29 is 28.3 Å². The molecular weight excluding hydrogens is 439 g/mol. The predicted octanol–water partition coefficient (Wildman–Crippen LogP) is 3.66. The zero-order valence-electron chi connectivity index (χ0n) is 18.3. The van der Waals surface area contributed by atoms with Crippen molar-refractivity contribution in [3.8, 4) is 0 Å². The standard InChI is InChI=1S/C26H21FN2O5/c1-34-23(30)14-22(17-9-11-19(27)12-10-17)28-24(31)18-6-4-5-16(13-18)15-29-25(32)20-7-2-3-8-21(20)26(29)33/h2-13,22H,14-15H2,1H3,(H,28,31). The van der Waals surface area contributed by atoms with Gasteiger partial charge in [0, 0.05) is 5.56 Å². The number of methoxy groups -OCH3 is 1. The molecule has 1 N–H and O–H groups in total. The minimum absolute atomic E-state index is 0.0109. The Kier molecular flexibility index (Phi) is 6.49. The Labute approximate surface area is 195 Å². The summed E-state index contributed by atoms with van der Waals surface area (Å²) < 4.78 is 18.0. The fourth-order valence-corrected chi connectivity index (χ4v) is 3.82. The lowest BCUT2D eigenvalue weighted by Crippen LogP contribution is -2.31. The van der Waals surface area contributed by atoms with Gasteiger partial charge in [-0.15, -0.1) is 0 Å². The van der Waals surface area contributed by atoms with Crippen molar-refractivity contribution in [3.63, 3.8) is 0 Å². The number of hydrogen-bond acceptors (Lipinski definition) is 5. The fourth-order valence-electron chi connectivity index (χ4n) is 3.82. The Bertz CT molecular complexity index is 1240. The number of carbonyl (C=O) groups is 4. The van der Waals surface area contributed by atoms with Crippen LogP contribution in [0.4, 0.5) is 4.39 Å². The summed E-state index contributed by atoms with van der Waals surface area (Å²) in [6.07, 6.45) is -0.136. The van der Waals surface area contributed by atoms with E-state index in [0.717, 1.165) is 4.90 Å². The lowest BCUT2D eigenvalue weighted by molar-refractivity contribution is -0.141. The molecule has 1 unspecified atom stereocenters. The molecule has 0 aliphatic carbocycles. The zero-order chi connectivity index (χ0) is 24.2. The first-order chi connectivity index (χ1) is 16.4. The van der Waals surface area contributed by atoms with Crippen LogP contribution in [0.15, 0.2) is 72.8 Å². The number of imide groups is 1. The van der Waals surface area contributed by atoms with Crippen LogP contribution in [0.3, 0.4) is 0 Å². The molecule has 1 heterocycles. The molecular formula is C26H21FN2O5. The number of esters is 1. The normalized spacial score (nSPS) is 13.4. The van der Waals surface area contributed by atoms with E-state index in [1.54, 1.807) is 48.5 Å². The van der Waals surface area contributed by atoms with Gasteiger partial charge in [0.2, 0.25) is 0 Å². The van der Waals surface area contributed by atoms with E-state index < -0.39 is 23.7 Å². The molecule has 8 heteroatoms. The van der Waals surface area contributed by atoms with E-state index in [9.17, 15) is 23.6 Å². The summed E-state index contributed by atoms with van der Waals surface area (Å²) in [5.74, 6) is -2.21. The van der Waals surface area contributed by atoms with Gasteiger partial charge in [0.1, 0.15) is 5.82 Å². The molecule has 1 aliphatic heterocycles. The van der Waals surface area contributed by atoms with Crippen LogP contribution in [0.1, 0.15) is 54.7 Å². The SMILES string of the molecule is COC(=O)CC(NC(=O)c1cccc(CN2C(=O)c3ccccc3C2=O)c1)c1ccc(F)cc1. The second kappa shape index (κ2) is 9.66. The largest absolute Gasteiger partial charge is 0.469 e. The van der Waals surface area contributed by atoms with Gasteiger partial charge in [-0.1, -0.05) is 36.4 Å². The molecule has 3 aromatic carbocycles. The van der Waals surface area contributed by atoms with Crippen LogP contribution < -0.4 is 5.32 Å². The van der Waals surface area contributed by atoms with E-state index in [1.807, 2.05) is 0 Å². The summed E-state index contributed by atoms with van der Waals surface area (Å²) in [6.45, 7) is 0.0109. The second-order valence-corrected chi connectivity index (χ2v) is 7.80. The maximum absolute atomic E-state index is 13.3. The van der Waals surface area contributed by atoms with Crippen LogP contribution in [0.2, 0.25) is 0 Å². The fraction of sp³-hybridized carbons (Fsp3) is 0.154. The second-order valence-electron chi connectivity index (χ2n) is 7.80. The van der Waals surface area contributed by atoms with Gasteiger partial charge in [0.25, 0.3) is 17.7 Å². The third kappa shape index (κ3) is 4.71. The number of fused-ring (bicyclic) bond motifs is 1. The Morgan fingerprint density at radius 3 is 2.21 bits per heavy atom. The monoisotopic (exact) mass is 460 g/mol. The van der Waals surface area contributed by atoms with E-state index in [1.165, 1.54) is 31.4 Å². The molecule has 0 bridgehead atoms. The smallest absolute Gasteiger partial charge is 0.307 e. The number of rotatable bonds is 7. The van der Waals surface area contributed by atoms with Gasteiger partial charge < -0.3 is 10.1 Å². The first-order valence-electron chi connectivity index (χ1n) is 10.5. The quantitative estimate of drug-likeness (QED) is 0.429. The van der Waals surface area contributed by atoms with Crippen LogP contribution in [0.25, 0.3) is 0 Å². The topological polar surface area (TPSA) is 92.8 Å². The average molecular weight is 460 g/mol. The predicted molar refractivity (Wildman–Crippen MR) is 120 cm³/mol. The van der Waals surface area contributed by atoms with Crippen LogP contribution in [0, 0.1) is 5.82 Å². The van der Waals surface area contributed by atoms with Crippen molar-refractivity contribution in [1.29, 1.82) is 0 Å². The number of benzene rings is 3. The van der Waals surface area contributed by atoms with E-state index in [4.69, 9.17) is 4.74 Å². The minimum atomic E-state index is -0.736. The van der Waals surface area contributed by atoms with Crippen molar-refractivity contribution in [2.75, 3.05) is 7.11 Å². The number of carbonyl (C=O) groups excluding carboxylic acids is 4. The Balaban J connectivity index is 1.52. The average Bonchev–Trinajstić information content (AvgIpc) is 3.09. The van der Waals surface area contributed by atoms with Crippen LogP contribution in [-0.2, 0) is 16.1 Å². The van der Waals surface area contributed by atoms with Crippen LogP contribution in [-0.4, -0.2) is 35.7 Å². The maximum Gasteiger partial charge on any atom is 0.307 e.